The lowest BCUT2D eigenvalue weighted by molar-refractivity contribution is -0.146. The Kier molecular flexibility index (Phi) is 26.2. The number of primary amides is 1. The maximum atomic E-state index is 15.0. The minimum Gasteiger partial charge on any atom is -0.481 e. The minimum absolute atomic E-state index is 0.0772. The molecule has 2 rings (SSSR count). The summed E-state index contributed by atoms with van der Waals surface area (Å²) in [6.07, 6.45) is -6.13. The molecule has 28 heteroatoms. The fraction of sp³-hybridized carbons (Fsp3) is 0.596. The fourth-order valence-corrected chi connectivity index (χ4v) is 7.74. The van der Waals surface area contributed by atoms with Crippen molar-refractivity contribution >= 4 is 77.0 Å². The van der Waals surface area contributed by atoms with Gasteiger partial charge in [0.1, 0.15) is 54.5 Å². The van der Waals surface area contributed by atoms with E-state index >= 15 is 4.39 Å². The number of alkyl halides is 1. The summed E-state index contributed by atoms with van der Waals surface area (Å²) in [6, 6.07) is -4.39. The van der Waals surface area contributed by atoms with Crippen molar-refractivity contribution in [2.75, 3.05) is 19.7 Å². The molecule has 416 valence electrons. The van der Waals surface area contributed by atoms with E-state index in [9.17, 15) is 82.8 Å². The molecule has 0 radical (unpaired) electrons. The van der Waals surface area contributed by atoms with E-state index in [0.717, 1.165) is 6.92 Å². The Balaban J connectivity index is 2.26. The quantitative estimate of drug-likeness (QED) is 0.0333. The SMILES string of the molecule is CC(=O)N[C@@H](CC(C)C)C(=O)N[C@@H](CC(=O)O)C(=O)N1C[C@@H](F)C[C@H]1C(=O)N[C@@H](CCC(=O)O)C(=O)N[C@@H](CO)C(=O)NCC(=O)N[C@@H](CCC(=O)O)C(=O)N[C@@H](Cc1ccccc1)C(=O)N[C@@H](CC(C)C)C(N)=O. The first-order chi connectivity index (χ1) is 35.1. The summed E-state index contributed by atoms with van der Waals surface area (Å²) < 4.78 is 15.0. The second-order valence-electron chi connectivity index (χ2n) is 18.7. The number of carbonyl (C=O) groups excluding carboxylic acids is 10. The van der Waals surface area contributed by atoms with Crippen molar-refractivity contribution in [3.05, 3.63) is 35.9 Å². The molecule has 0 saturated carbocycles. The molecule has 0 bridgehead atoms. The van der Waals surface area contributed by atoms with E-state index in [-0.39, 0.29) is 31.1 Å². The van der Waals surface area contributed by atoms with Crippen LogP contribution in [0.15, 0.2) is 30.3 Å². The fourth-order valence-electron chi connectivity index (χ4n) is 7.74. The number of carbonyl (C=O) groups is 13. The van der Waals surface area contributed by atoms with Gasteiger partial charge in [0.25, 0.3) is 0 Å². The van der Waals surface area contributed by atoms with E-state index in [1.165, 1.54) is 0 Å². The van der Waals surface area contributed by atoms with Gasteiger partial charge in [-0.1, -0.05) is 58.0 Å². The first-order valence-electron chi connectivity index (χ1n) is 24.0. The number of halogens is 1. The van der Waals surface area contributed by atoms with E-state index in [4.69, 9.17) is 5.73 Å². The number of hydrogen-bond donors (Lipinski definition) is 13. The van der Waals surface area contributed by atoms with E-state index in [1.807, 2.05) is 0 Å². The van der Waals surface area contributed by atoms with Gasteiger partial charge >= 0.3 is 17.9 Å². The Labute approximate surface area is 430 Å². The lowest BCUT2D eigenvalue weighted by Gasteiger charge is -2.30. The number of nitrogens with two attached hydrogens (primary N) is 1. The maximum Gasteiger partial charge on any atom is 0.305 e. The highest BCUT2D eigenvalue weighted by Gasteiger charge is 2.44. The Morgan fingerprint density at radius 1 is 0.627 bits per heavy atom. The number of aliphatic carboxylic acids is 3. The second kappa shape index (κ2) is 31.1. The third-order valence-corrected chi connectivity index (χ3v) is 11.3. The number of aliphatic hydroxyl groups excluding tert-OH is 1. The second-order valence-corrected chi connectivity index (χ2v) is 18.7. The average molecular weight is 1070 g/mol. The smallest absolute Gasteiger partial charge is 0.305 e. The number of aliphatic hydroxyl groups is 1. The summed E-state index contributed by atoms with van der Waals surface area (Å²) in [4.78, 5) is 167. The molecule has 1 aromatic carbocycles. The van der Waals surface area contributed by atoms with Gasteiger partial charge in [-0.15, -0.1) is 0 Å². The molecular weight excluding hydrogens is 996 g/mol. The van der Waals surface area contributed by atoms with Crippen LogP contribution in [-0.4, -0.2) is 177 Å². The van der Waals surface area contributed by atoms with E-state index in [0.29, 0.717) is 10.5 Å². The molecule has 0 unspecified atom stereocenters. The number of benzene rings is 1. The molecule has 1 aliphatic rings. The molecule has 10 amide bonds. The van der Waals surface area contributed by atoms with Crippen LogP contribution in [0.3, 0.4) is 0 Å². The van der Waals surface area contributed by atoms with Crippen molar-refractivity contribution in [3.8, 4) is 0 Å². The van der Waals surface area contributed by atoms with Gasteiger partial charge in [0, 0.05) is 32.6 Å². The van der Waals surface area contributed by atoms with Crippen LogP contribution in [0.2, 0.25) is 0 Å². The predicted molar refractivity (Wildman–Crippen MR) is 259 cm³/mol. The molecule has 75 heavy (non-hydrogen) atoms. The number of carboxylic acids is 3. The van der Waals surface area contributed by atoms with Crippen molar-refractivity contribution in [2.24, 2.45) is 17.6 Å². The predicted octanol–water partition coefficient (Wildman–Crippen LogP) is -3.53. The summed E-state index contributed by atoms with van der Waals surface area (Å²) in [5.74, 6) is -15.0. The first-order valence-corrected chi connectivity index (χ1v) is 24.0. The topological polar surface area (TPSA) is 428 Å². The van der Waals surface area contributed by atoms with Crippen LogP contribution in [0, 0.1) is 11.8 Å². The molecule has 0 aliphatic carbocycles. The number of hydrogen-bond acceptors (Lipinski definition) is 14. The van der Waals surface area contributed by atoms with Crippen molar-refractivity contribution in [2.45, 2.75) is 147 Å². The van der Waals surface area contributed by atoms with Crippen molar-refractivity contribution < 1.29 is 87.1 Å². The summed E-state index contributed by atoms with van der Waals surface area (Å²) in [5, 5.41) is 56.8. The monoisotopic (exact) mass is 1060 g/mol. The van der Waals surface area contributed by atoms with Crippen molar-refractivity contribution in [3.63, 3.8) is 0 Å². The molecule has 0 spiro atoms. The average Bonchev–Trinajstić information content (AvgIpc) is 3.72. The van der Waals surface area contributed by atoms with Crippen molar-refractivity contribution in [1.29, 1.82) is 0 Å². The van der Waals surface area contributed by atoms with Crippen LogP contribution < -0.4 is 48.3 Å². The van der Waals surface area contributed by atoms with Crippen LogP contribution in [0.4, 0.5) is 4.39 Å². The summed E-state index contributed by atoms with van der Waals surface area (Å²) in [6.45, 7) is 5.26. The van der Waals surface area contributed by atoms with Gasteiger partial charge in [-0.2, -0.15) is 0 Å². The number of rotatable bonds is 32. The first kappa shape index (κ1) is 63.3. The maximum absolute atomic E-state index is 15.0. The van der Waals surface area contributed by atoms with E-state index in [1.54, 1.807) is 58.0 Å². The number of likely N-dealkylation sites (tertiary alicyclic amines) is 1. The number of nitrogens with zero attached hydrogens (tertiary/aromatic N) is 1. The van der Waals surface area contributed by atoms with Gasteiger partial charge < -0.3 is 73.6 Å². The van der Waals surface area contributed by atoms with Gasteiger partial charge in [0.2, 0.25) is 59.1 Å². The molecule has 1 heterocycles. The minimum atomic E-state index is -1.91. The third kappa shape index (κ3) is 22.9. The Morgan fingerprint density at radius 3 is 1.63 bits per heavy atom. The lowest BCUT2D eigenvalue weighted by atomic mass is 10.0. The molecule has 9 atom stereocenters. The summed E-state index contributed by atoms with van der Waals surface area (Å²) in [7, 11) is 0. The largest absolute Gasteiger partial charge is 0.481 e. The summed E-state index contributed by atoms with van der Waals surface area (Å²) in [5.41, 5.74) is 6.07. The number of nitrogens with one attached hydrogen (secondary N) is 8. The highest BCUT2D eigenvalue weighted by molar-refractivity contribution is 5.99. The summed E-state index contributed by atoms with van der Waals surface area (Å²) >= 11 is 0. The van der Waals surface area contributed by atoms with Crippen molar-refractivity contribution in [1.82, 2.24) is 47.4 Å². The van der Waals surface area contributed by atoms with Crippen LogP contribution in [0.5, 0.6) is 0 Å². The van der Waals surface area contributed by atoms with Crippen LogP contribution >= 0.6 is 0 Å². The van der Waals surface area contributed by atoms with Gasteiger partial charge in [-0.3, -0.25) is 62.3 Å². The number of carboxylic acid groups (broad SMARTS) is 3. The van der Waals surface area contributed by atoms with Crippen LogP contribution in [0.1, 0.15) is 91.5 Å². The molecular formula is C47H69FN10O17. The number of amides is 10. The highest BCUT2D eigenvalue weighted by Crippen LogP contribution is 2.23. The third-order valence-electron chi connectivity index (χ3n) is 11.3. The lowest BCUT2D eigenvalue weighted by Crippen LogP contribution is -2.59. The Hall–Kier alpha value is -7.78. The standard InChI is InChI=1S/C47H69FN10O17/c1-23(2)15-30(40(49)68)54-45(73)32(17-26-9-7-6-8-10-26)55-42(70)28(11-13-37(62)63)52-36(61)20-50-41(69)34(22-59)57-43(71)29(12-14-38(64)65)53-46(74)35-18-27(48)21-58(35)47(75)33(19-39(66)67)56-44(72)31(16-24(3)4)51-25(5)60/h6-10,23-24,27-35,59H,11-22H2,1-5H3,(H2,49,68)(H,50,69)(H,51,60)(H,52,61)(H,53,74)(H,54,73)(H,55,70)(H,56,72)(H,57,71)(H,62,63)(H,64,65)(H,66,67)/t27-,28-,29-,30-,31-,32-,33-,34-,35-/m0/s1. The zero-order chi connectivity index (χ0) is 56.7. The zero-order valence-corrected chi connectivity index (χ0v) is 42.2. The molecule has 27 nitrogen and oxygen atoms in total. The molecule has 0 aromatic heterocycles. The molecule has 14 N–H and O–H groups in total. The molecule has 1 fully saturated rings. The van der Waals surface area contributed by atoms with Gasteiger partial charge in [0.05, 0.1) is 26.1 Å². The van der Waals surface area contributed by atoms with Gasteiger partial charge in [-0.05, 0) is 43.1 Å². The van der Waals surface area contributed by atoms with E-state index in [2.05, 4.69) is 42.5 Å². The van der Waals surface area contributed by atoms with Gasteiger partial charge in [-0.25, -0.2) is 4.39 Å². The Morgan fingerprint density at radius 2 is 1.12 bits per heavy atom. The molecule has 1 aliphatic heterocycles. The van der Waals surface area contributed by atoms with Crippen LogP contribution in [0.25, 0.3) is 0 Å². The normalized spacial score (nSPS) is 16.8. The van der Waals surface area contributed by atoms with Gasteiger partial charge in [0.15, 0.2) is 0 Å². The molecule has 1 saturated heterocycles. The zero-order valence-electron chi connectivity index (χ0n) is 42.2. The Bertz CT molecular complexity index is 2240. The van der Waals surface area contributed by atoms with Crippen LogP contribution in [-0.2, 0) is 68.7 Å². The van der Waals surface area contributed by atoms with E-state index < -0.39 is 190 Å². The molecule has 1 aromatic rings. The highest BCUT2D eigenvalue weighted by atomic mass is 19.1.